The van der Waals surface area contributed by atoms with E-state index in [1.165, 1.54) is 5.56 Å². The molecular formula is C18H28ClIN6S. The summed E-state index contributed by atoms with van der Waals surface area (Å²) in [5.74, 6) is 3.73. The minimum Gasteiger partial charge on any atom is -0.356 e. The second kappa shape index (κ2) is 12.5. The number of aromatic nitrogens is 3. The number of hydrogen-bond acceptors (Lipinski definition) is 4. The first-order chi connectivity index (χ1) is 12.5. The molecule has 0 aliphatic carbocycles. The summed E-state index contributed by atoms with van der Waals surface area (Å²) in [4.78, 5) is 6.87. The zero-order valence-electron chi connectivity index (χ0n) is 16.3. The van der Waals surface area contributed by atoms with E-state index in [1.807, 2.05) is 61.6 Å². The molecule has 0 spiro atoms. The minimum absolute atomic E-state index is 0. The van der Waals surface area contributed by atoms with Crippen molar-refractivity contribution in [1.82, 2.24) is 25.0 Å². The number of guanidine groups is 1. The molecule has 0 amide bonds. The van der Waals surface area contributed by atoms with E-state index in [4.69, 9.17) is 16.6 Å². The maximum Gasteiger partial charge on any atom is 0.194 e. The number of aryl methyl sites for hydroxylation is 1. The summed E-state index contributed by atoms with van der Waals surface area (Å²) in [7, 11) is 4.00. The van der Waals surface area contributed by atoms with E-state index in [0.29, 0.717) is 6.54 Å². The summed E-state index contributed by atoms with van der Waals surface area (Å²) in [5, 5.41) is 12.5. The molecule has 0 fully saturated rings. The molecule has 27 heavy (non-hydrogen) atoms. The molecule has 2 aromatic rings. The van der Waals surface area contributed by atoms with Crippen LogP contribution in [0.25, 0.3) is 0 Å². The van der Waals surface area contributed by atoms with Crippen LogP contribution in [-0.4, -0.2) is 51.2 Å². The van der Waals surface area contributed by atoms with Gasteiger partial charge in [-0.1, -0.05) is 23.7 Å². The van der Waals surface area contributed by atoms with E-state index in [2.05, 4.69) is 26.7 Å². The van der Waals surface area contributed by atoms with Gasteiger partial charge in [0.1, 0.15) is 12.4 Å². The van der Waals surface area contributed by atoms with Crippen LogP contribution < -0.4 is 5.32 Å². The Morgan fingerprint density at radius 1 is 1.30 bits per heavy atom. The number of thioether (sulfide) groups is 1. The zero-order valence-corrected chi connectivity index (χ0v) is 20.2. The number of nitrogens with one attached hydrogen (secondary N) is 1. The lowest BCUT2D eigenvalue weighted by Gasteiger charge is -2.22. The SMILES string of the molecule is CSCCCNC(=NCc1nnc(C)n1C)N(C)Cc1ccc(Cl)cc1.I. The molecule has 1 N–H and O–H groups in total. The maximum atomic E-state index is 5.98. The van der Waals surface area contributed by atoms with Crippen molar-refractivity contribution in [3.63, 3.8) is 0 Å². The predicted octanol–water partition coefficient (Wildman–Crippen LogP) is 3.73. The van der Waals surface area contributed by atoms with Gasteiger partial charge in [-0.15, -0.1) is 34.2 Å². The van der Waals surface area contributed by atoms with Gasteiger partial charge < -0.3 is 14.8 Å². The fourth-order valence-corrected chi connectivity index (χ4v) is 2.96. The summed E-state index contributed by atoms with van der Waals surface area (Å²) >= 11 is 7.83. The van der Waals surface area contributed by atoms with Gasteiger partial charge in [-0.2, -0.15) is 11.8 Å². The van der Waals surface area contributed by atoms with Crippen LogP contribution in [0.5, 0.6) is 0 Å². The van der Waals surface area contributed by atoms with Gasteiger partial charge in [-0.25, -0.2) is 4.99 Å². The molecular weight excluding hydrogens is 495 g/mol. The number of aliphatic imine (C=N–C) groups is 1. The van der Waals surface area contributed by atoms with Crippen molar-refractivity contribution < 1.29 is 0 Å². The van der Waals surface area contributed by atoms with Crippen LogP contribution in [0, 0.1) is 6.92 Å². The van der Waals surface area contributed by atoms with Crippen LogP contribution in [-0.2, 0) is 20.1 Å². The predicted molar refractivity (Wildman–Crippen MR) is 126 cm³/mol. The molecule has 0 bridgehead atoms. The van der Waals surface area contributed by atoms with E-state index < -0.39 is 0 Å². The van der Waals surface area contributed by atoms with Gasteiger partial charge >= 0.3 is 0 Å². The van der Waals surface area contributed by atoms with Crippen molar-refractivity contribution in [3.05, 3.63) is 46.5 Å². The Balaban J connectivity index is 0.00000364. The highest BCUT2D eigenvalue weighted by molar-refractivity contribution is 14.0. The summed E-state index contributed by atoms with van der Waals surface area (Å²) in [5.41, 5.74) is 1.19. The molecule has 6 nitrogen and oxygen atoms in total. The molecule has 1 aromatic heterocycles. The average molecular weight is 523 g/mol. The molecule has 0 aliphatic heterocycles. The highest BCUT2D eigenvalue weighted by Gasteiger charge is 2.09. The molecule has 0 saturated carbocycles. The molecule has 0 atom stereocenters. The third-order valence-electron chi connectivity index (χ3n) is 4.06. The Hall–Kier alpha value is -1.000. The van der Waals surface area contributed by atoms with E-state index >= 15 is 0 Å². The molecule has 0 saturated heterocycles. The molecule has 0 unspecified atom stereocenters. The maximum absolute atomic E-state index is 5.98. The van der Waals surface area contributed by atoms with E-state index in [9.17, 15) is 0 Å². The molecule has 0 aliphatic rings. The highest BCUT2D eigenvalue weighted by Crippen LogP contribution is 2.11. The van der Waals surface area contributed by atoms with Crippen LogP contribution in [0.4, 0.5) is 0 Å². The molecule has 0 radical (unpaired) electrons. The number of nitrogens with zero attached hydrogens (tertiary/aromatic N) is 5. The number of halogens is 2. The van der Waals surface area contributed by atoms with Crippen molar-refractivity contribution in [2.24, 2.45) is 12.0 Å². The lowest BCUT2D eigenvalue weighted by molar-refractivity contribution is 0.474. The summed E-state index contributed by atoms with van der Waals surface area (Å²) in [6.07, 6.45) is 3.22. The zero-order chi connectivity index (χ0) is 18.9. The third kappa shape index (κ3) is 7.87. The normalized spacial score (nSPS) is 11.2. The quantitative estimate of drug-likeness (QED) is 0.248. The van der Waals surface area contributed by atoms with Gasteiger partial charge in [0.25, 0.3) is 0 Å². The van der Waals surface area contributed by atoms with Crippen LogP contribution in [0.15, 0.2) is 29.3 Å². The average Bonchev–Trinajstić information content (AvgIpc) is 2.95. The fraction of sp³-hybridized carbons (Fsp3) is 0.500. The van der Waals surface area contributed by atoms with Crippen LogP contribution >= 0.6 is 47.3 Å². The largest absolute Gasteiger partial charge is 0.356 e. The smallest absolute Gasteiger partial charge is 0.194 e. The van der Waals surface area contributed by atoms with E-state index in [0.717, 1.165) is 47.9 Å². The topological polar surface area (TPSA) is 58.3 Å². The van der Waals surface area contributed by atoms with Gasteiger partial charge in [0, 0.05) is 32.2 Å². The first-order valence-corrected chi connectivity index (χ1v) is 10.4. The second-order valence-corrected chi connectivity index (χ2v) is 7.54. The van der Waals surface area contributed by atoms with Gasteiger partial charge in [0.05, 0.1) is 0 Å². The Kier molecular flexibility index (Phi) is 11.1. The van der Waals surface area contributed by atoms with Crippen molar-refractivity contribution in [2.45, 2.75) is 26.4 Å². The Labute approximate surface area is 188 Å². The van der Waals surface area contributed by atoms with Gasteiger partial charge in [0.15, 0.2) is 11.8 Å². The van der Waals surface area contributed by atoms with Crippen LogP contribution in [0.3, 0.4) is 0 Å². The van der Waals surface area contributed by atoms with Gasteiger partial charge in [-0.3, -0.25) is 0 Å². The Morgan fingerprint density at radius 2 is 2.00 bits per heavy atom. The number of benzene rings is 1. The summed E-state index contributed by atoms with van der Waals surface area (Å²) in [6.45, 7) is 4.08. The van der Waals surface area contributed by atoms with Gasteiger partial charge in [-0.05, 0) is 43.0 Å². The van der Waals surface area contributed by atoms with Crippen molar-refractivity contribution in [1.29, 1.82) is 0 Å². The highest BCUT2D eigenvalue weighted by atomic mass is 127. The van der Waals surface area contributed by atoms with Crippen molar-refractivity contribution >= 4 is 53.3 Å². The molecule has 1 aromatic carbocycles. The van der Waals surface area contributed by atoms with E-state index in [1.54, 1.807) is 0 Å². The first-order valence-electron chi connectivity index (χ1n) is 8.59. The second-order valence-electron chi connectivity index (χ2n) is 6.12. The monoisotopic (exact) mass is 522 g/mol. The molecule has 1 heterocycles. The molecule has 2 rings (SSSR count). The standard InChI is InChI=1S/C18H27ClN6S.HI/c1-14-22-23-17(25(14)3)12-21-18(20-10-5-11-26-4)24(2)13-15-6-8-16(19)9-7-15;/h6-9H,5,10-13H2,1-4H3,(H,20,21);1H. The third-order valence-corrected chi connectivity index (χ3v) is 5.00. The van der Waals surface area contributed by atoms with E-state index in [-0.39, 0.29) is 24.0 Å². The Bertz CT molecular complexity index is 719. The van der Waals surface area contributed by atoms with Crippen molar-refractivity contribution in [3.8, 4) is 0 Å². The van der Waals surface area contributed by atoms with Crippen molar-refractivity contribution in [2.75, 3.05) is 25.6 Å². The Morgan fingerprint density at radius 3 is 2.59 bits per heavy atom. The lowest BCUT2D eigenvalue weighted by atomic mass is 10.2. The number of rotatable bonds is 8. The van der Waals surface area contributed by atoms with Crippen LogP contribution in [0.2, 0.25) is 5.02 Å². The minimum atomic E-state index is 0. The lowest BCUT2D eigenvalue weighted by Crippen LogP contribution is -2.39. The summed E-state index contributed by atoms with van der Waals surface area (Å²) in [6, 6.07) is 7.90. The van der Waals surface area contributed by atoms with Crippen LogP contribution in [0.1, 0.15) is 23.6 Å². The molecule has 9 heteroatoms. The van der Waals surface area contributed by atoms with Gasteiger partial charge in [0.2, 0.25) is 0 Å². The molecule has 150 valence electrons. The summed E-state index contributed by atoms with van der Waals surface area (Å²) < 4.78 is 1.97. The number of hydrogen-bond donors (Lipinski definition) is 1. The fourth-order valence-electron chi connectivity index (χ4n) is 2.40. The first kappa shape index (κ1) is 24.0.